The number of ether oxygens (including phenoxy) is 1. The zero-order valence-electron chi connectivity index (χ0n) is 8.22. The molecule has 1 aromatic carbocycles. The summed E-state index contributed by atoms with van der Waals surface area (Å²) in [5, 5.41) is 3.87. The molecule has 0 saturated carbocycles. The Balaban J connectivity index is 2.09. The lowest BCUT2D eigenvalue weighted by molar-refractivity contribution is 0.142. The van der Waals surface area contributed by atoms with E-state index < -0.39 is 0 Å². The van der Waals surface area contributed by atoms with Crippen LogP contribution in [0, 0.1) is 0 Å². The lowest BCUT2D eigenvalue weighted by Crippen LogP contribution is -2.50. The van der Waals surface area contributed by atoms with E-state index in [-0.39, 0.29) is 0 Å². The summed E-state index contributed by atoms with van der Waals surface area (Å²) in [7, 11) is 0. The average Bonchev–Trinajstić information content (AvgIpc) is 2.13. The molecule has 76 valence electrons. The highest BCUT2D eigenvalue weighted by Crippen LogP contribution is 2.27. The van der Waals surface area contributed by atoms with E-state index in [9.17, 15) is 0 Å². The smallest absolute Gasteiger partial charge is 0.138 e. The van der Waals surface area contributed by atoms with Crippen molar-refractivity contribution in [3.8, 4) is 5.75 Å². The topological polar surface area (TPSA) is 21.3 Å². The van der Waals surface area contributed by atoms with Crippen molar-refractivity contribution in [2.45, 2.75) is 19.4 Å². The SMILES string of the molecule is CCc1ccc(OC2CNC2)c(Cl)c1. The maximum atomic E-state index is 6.09. The summed E-state index contributed by atoms with van der Waals surface area (Å²) in [4.78, 5) is 0. The molecule has 0 amide bonds. The second kappa shape index (κ2) is 4.20. The summed E-state index contributed by atoms with van der Waals surface area (Å²) in [5.74, 6) is 0.801. The Hall–Kier alpha value is -0.730. The quantitative estimate of drug-likeness (QED) is 0.828. The standard InChI is InChI=1S/C11H14ClNO/c1-2-8-3-4-11(10(12)5-8)14-9-6-13-7-9/h3-5,9,13H,2,6-7H2,1H3. The van der Waals surface area contributed by atoms with E-state index >= 15 is 0 Å². The van der Waals surface area contributed by atoms with Gasteiger partial charge in [0.1, 0.15) is 11.9 Å². The molecule has 2 rings (SSSR count). The van der Waals surface area contributed by atoms with Gasteiger partial charge >= 0.3 is 0 Å². The van der Waals surface area contributed by atoms with E-state index in [4.69, 9.17) is 16.3 Å². The third kappa shape index (κ3) is 2.02. The Kier molecular flexibility index (Phi) is 2.94. The van der Waals surface area contributed by atoms with Gasteiger partial charge in [-0.1, -0.05) is 24.6 Å². The second-order valence-electron chi connectivity index (χ2n) is 3.52. The van der Waals surface area contributed by atoms with Gasteiger partial charge in [-0.15, -0.1) is 0 Å². The van der Waals surface area contributed by atoms with Crippen LogP contribution in [0.1, 0.15) is 12.5 Å². The molecule has 2 nitrogen and oxygen atoms in total. The van der Waals surface area contributed by atoms with Crippen LogP contribution in [-0.2, 0) is 6.42 Å². The Morgan fingerprint density at radius 1 is 1.50 bits per heavy atom. The number of rotatable bonds is 3. The van der Waals surface area contributed by atoms with Gasteiger partial charge in [0.15, 0.2) is 0 Å². The van der Waals surface area contributed by atoms with Crippen LogP contribution >= 0.6 is 11.6 Å². The maximum Gasteiger partial charge on any atom is 0.138 e. The maximum absolute atomic E-state index is 6.09. The molecular weight excluding hydrogens is 198 g/mol. The Morgan fingerprint density at radius 3 is 2.79 bits per heavy atom. The summed E-state index contributed by atoms with van der Waals surface area (Å²) in [6.45, 7) is 3.96. The monoisotopic (exact) mass is 211 g/mol. The molecule has 1 aromatic rings. The van der Waals surface area contributed by atoms with Gasteiger partial charge < -0.3 is 10.1 Å². The predicted molar refractivity (Wildman–Crippen MR) is 58.1 cm³/mol. The minimum atomic E-state index is 0.292. The lowest BCUT2D eigenvalue weighted by Gasteiger charge is -2.28. The molecule has 3 heteroatoms. The minimum Gasteiger partial charge on any atom is -0.486 e. The molecule has 0 spiro atoms. The Morgan fingerprint density at radius 2 is 2.29 bits per heavy atom. The van der Waals surface area contributed by atoms with E-state index in [2.05, 4.69) is 18.3 Å². The number of benzene rings is 1. The fraction of sp³-hybridized carbons (Fsp3) is 0.455. The predicted octanol–water partition coefficient (Wildman–Crippen LogP) is 2.25. The van der Waals surface area contributed by atoms with Crippen molar-refractivity contribution in [2.75, 3.05) is 13.1 Å². The van der Waals surface area contributed by atoms with Gasteiger partial charge in [-0.25, -0.2) is 0 Å². The first-order chi connectivity index (χ1) is 6.79. The van der Waals surface area contributed by atoms with Gasteiger partial charge in [-0.3, -0.25) is 0 Å². The molecular formula is C11H14ClNO. The summed E-state index contributed by atoms with van der Waals surface area (Å²) < 4.78 is 5.69. The third-order valence-corrected chi connectivity index (χ3v) is 2.74. The van der Waals surface area contributed by atoms with Crippen LogP contribution in [-0.4, -0.2) is 19.2 Å². The van der Waals surface area contributed by atoms with Crippen LogP contribution < -0.4 is 10.1 Å². The van der Waals surface area contributed by atoms with Gasteiger partial charge in [-0.05, 0) is 24.1 Å². The lowest BCUT2D eigenvalue weighted by atomic mass is 10.1. The average molecular weight is 212 g/mol. The first kappa shape index (κ1) is 9.81. The highest BCUT2D eigenvalue weighted by Gasteiger charge is 2.19. The van der Waals surface area contributed by atoms with Crippen LogP contribution in [0.5, 0.6) is 5.75 Å². The third-order valence-electron chi connectivity index (χ3n) is 2.44. The molecule has 0 bridgehead atoms. The van der Waals surface area contributed by atoms with Gasteiger partial charge in [0.05, 0.1) is 5.02 Å². The molecule has 1 fully saturated rings. The van der Waals surface area contributed by atoms with E-state index in [1.807, 2.05) is 12.1 Å². The largest absolute Gasteiger partial charge is 0.486 e. The van der Waals surface area contributed by atoms with Crippen molar-refractivity contribution in [2.24, 2.45) is 0 Å². The first-order valence-electron chi connectivity index (χ1n) is 4.95. The van der Waals surface area contributed by atoms with Crippen LogP contribution in [0.25, 0.3) is 0 Å². The van der Waals surface area contributed by atoms with Crippen molar-refractivity contribution < 1.29 is 4.74 Å². The number of nitrogens with one attached hydrogen (secondary N) is 1. The minimum absolute atomic E-state index is 0.292. The van der Waals surface area contributed by atoms with E-state index in [0.717, 1.165) is 30.3 Å². The first-order valence-corrected chi connectivity index (χ1v) is 5.33. The van der Waals surface area contributed by atoms with Gasteiger partial charge in [0, 0.05) is 13.1 Å². The van der Waals surface area contributed by atoms with E-state index in [0.29, 0.717) is 6.10 Å². The van der Waals surface area contributed by atoms with E-state index in [1.54, 1.807) is 0 Å². The Labute approximate surface area is 89.2 Å². The normalized spacial score (nSPS) is 16.4. The van der Waals surface area contributed by atoms with Crippen LogP contribution in [0.4, 0.5) is 0 Å². The number of hydrogen-bond acceptors (Lipinski definition) is 2. The fourth-order valence-corrected chi connectivity index (χ4v) is 1.63. The fourth-order valence-electron chi connectivity index (χ4n) is 1.38. The molecule has 1 heterocycles. The zero-order valence-corrected chi connectivity index (χ0v) is 8.97. The van der Waals surface area contributed by atoms with Crippen LogP contribution in [0.15, 0.2) is 18.2 Å². The molecule has 1 saturated heterocycles. The second-order valence-corrected chi connectivity index (χ2v) is 3.92. The molecule has 14 heavy (non-hydrogen) atoms. The van der Waals surface area contributed by atoms with Crippen molar-refractivity contribution in [1.29, 1.82) is 0 Å². The number of aryl methyl sites for hydroxylation is 1. The Bertz CT molecular complexity index is 323. The molecule has 1 aliphatic heterocycles. The van der Waals surface area contributed by atoms with Crippen molar-refractivity contribution in [3.63, 3.8) is 0 Å². The molecule has 0 aliphatic carbocycles. The van der Waals surface area contributed by atoms with Crippen molar-refractivity contribution in [3.05, 3.63) is 28.8 Å². The molecule has 1 N–H and O–H groups in total. The number of halogens is 1. The van der Waals surface area contributed by atoms with Gasteiger partial charge in [0.25, 0.3) is 0 Å². The summed E-state index contributed by atoms with van der Waals surface area (Å²) >= 11 is 6.09. The van der Waals surface area contributed by atoms with Crippen molar-refractivity contribution >= 4 is 11.6 Å². The summed E-state index contributed by atoms with van der Waals surface area (Å²) in [6, 6.07) is 6.00. The molecule has 0 atom stereocenters. The number of hydrogen-bond donors (Lipinski definition) is 1. The molecule has 0 radical (unpaired) electrons. The molecule has 0 unspecified atom stereocenters. The van der Waals surface area contributed by atoms with Crippen molar-refractivity contribution in [1.82, 2.24) is 5.32 Å². The van der Waals surface area contributed by atoms with Gasteiger partial charge in [0.2, 0.25) is 0 Å². The summed E-state index contributed by atoms with van der Waals surface area (Å²) in [5.41, 5.74) is 1.24. The molecule has 1 aliphatic rings. The van der Waals surface area contributed by atoms with E-state index in [1.165, 1.54) is 5.56 Å². The molecule has 0 aromatic heterocycles. The van der Waals surface area contributed by atoms with Crippen LogP contribution in [0.3, 0.4) is 0 Å². The zero-order chi connectivity index (χ0) is 9.97. The highest BCUT2D eigenvalue weighted by atomic mass is 35.5. The van der Waals surface area contributed by atoms with Crippen LogP contribution in [0.2, 0.25) is 5.02 Å². The summed E-state index contributed by atoms with van der Waals surface area (Å²) in [6.07, 6.45) is 1.30. The van der Waals surface area contributed by atoms with Gasteiger partial charge in [-0.2, -0.15) is 0 Å². The highest BCUT2D eigenvalue weighted by molar-refractivity contribution is 6.32.